The third-order valence-electron chi connectivity index (χ3n) is 3.69. The number of rotatable bonds is 5. The smallest absolute Gasteiger partial charge is 0.354 e. The van der Waals surface area contributed by atoms with Gasteiger partial charge < -0.3 is 14.7 Å². The highest BCUT2D eigenvalue weighted by atomic mass is 16.5. The van der Waals surface area contributed by atoms with Gasteiger partial charge in [0.1, 0.15) is 12.4 Å². The molecule has 0 spiro atoms. The van der Waals surface area contributed by atoms with Crippen molar-refractivity contribution in [3.05, 3.63) is 36.0 Å². The molecule has 5 heteroatoms. The number of pyridine rings is 1. The summed E-state index contributed by atoms with van der Waals surface area (Å²) in [5, 5.41) is 9.98. The quantitative estimate of drug-likeness (QED) is 0.916. The summed E-state index contributed by atoms with van der Waals surface area (Å²) in [6, 6.07) is 8.86. The van der Waals surface area contributed by atoms with E-state index in [0.29, 0.717) is 17.9 Å². The van der Waals surface area contributed by atoms with Crippen LogP contribution in [-0.4, -0.2) is 47.2 Å². The van der Waals surface area contributed by atoms with Crippen molar-refractivity contribution in [2.24, 2.45) is 0 Å². The van der Waals surface area contributed by atoms with Crippen LogP contribution >= 0.6 is 0 Å². The average Bonchev–Trinajstić information content (AvgIpc) is 2.44. The molecule has 0 aliphatic rings. The molecule has 112 valence electrons. The molecule has 5 nitrogen and oxygen atoms in total. The number of ether oxygens (including phenoxy) is 1. The van der Waals surface area contributed by atoms with Crippen LogP contribution in [0.4, 0.5) is 0 Å². The maximum absolute atomic E-state index is 11.2. The Morgan fingerprint density at radius 2 is 2.00 bits per heavy atom. The molecule has 1 N–H and O–H groups in total. The molecule has 1 aromatic heterocycles. The van der Waals surface area contributed by atoms with E-state index in [1.165, 1.54) is 6.07 Å². The first-order valence-corrected chi connectivity index (χ1v) is 6.74. The summed E-state index contributed by atoms with van der Waals surface area (Å²) in [5.74, 6) is -0.509. The van der Waals surface area contributed by atoms with Crippen molar-refractivity contribution >= 4 is 16.9 Å². The van der Waals surface area contributed by atoms with Gasteiger partial charge in [0.2, 0.25) is 0 Å². The van der Waals surface area contributed by atoms with E-state index in [-0.39, 0.29) is 11.2 Å². The first-order valence-electron chi connectivity index (χ1n) is 6.74. The van der Waals surface area contributed by atoms with E-state index < -0.39 is 5.97 Å². The molecule has 1 aromatic carbocycles. The van der Waals surface area contributed by atoms with Crippen molar-refractivity contribution in [2.45, 2.75) is 19.4 Å². The van der Waals surface area contributed by atoms with Crippen molar-refractivity contribution in [3.63, 3.8) is 0 Å². The van der Waals surface area contributed by atoms with Crippen LogP contribution in [-0.2, 0) is 0 Å². The van der Waals surface area contributed by atoms with E-state index in [9.17, 15) is 4.79 Å². The molecule has 2 rings (SSSR count). The Balaban J connectivity index is 2.40. The summed E-state index contributed by atoms with van der Waals surface area (Å²) in [5.41, 5.74) is 0.453. The van der Waals surface area contributed by atoms with Crippen LogP contribution in [0.5, 0.6) is 5.75 Å². The lowest BCUT2D eigenvalue weighted by Crippen LogP contribution is -2.43. The highest BCUT2D eigenvalue weighted by molar-refractivity contribution is 5.93. The van der Waals surface area contributed by atoms with Gasteiger partial charge in [0, 0.05) is 17.0 Å². The van der Waals surface area contributed by atoms with E-state index in [1.807, 2.05) is 32.3 Å². The number of fused-ring (bicyclic) bond motifs is 1. The fourth-order valence-electron chi connectivity index (χ4n) is 1.76. The maximum atomic E-state index is 11.2. The number of carbonyl (C=O) groups is 1. The van der Waals surface area contributed by atoms with Gasteiger partial charge in [-0.1, -0.05) is 12.1 Å². The first kappa shape index (κ1) is 15.3. The molecule has 0 aliphatic heterocycles. The summed E-state index contributed by atoms with van der Waals surface area (Å²) >= 11 is 0. The lowest BCUT2D eigenvalue weighted by atomic mass is 10.1. The van der Waals surface area contributed by atoms with Gasteiger partial charge in [0.25, 0.3) is 0 Å². The number of hydrogen-bond donors (Lipinski definition) is 1. The van der Waals surface area contributed by atoms with Crippen molar-refractivity contribution in [1.82, 2.24) is 9.88 Å². The molecular weight excluding hydrogens is 268 g/mol. The highest BCUT2D eigenvalue weighted by Crippen LogP contribution is 2.26. The number of likely N-dealkylation sites (N-methyl/N-ethyl adjacent to an activating group) is 1. The normalized spacial score (nSPS) is 11.9. The molecule has 0 atom stereocenters. The molecule has 0 saturated heterocycles. The van der Waals surface area contributed by atoms with Crippen LogP contribution in [0.2, 0.25) is 0 Å². The van der Waals surface area contributed by atoms with Crippen molar-refractivity contribution < 1.29 is 14.6 Å². The molecular formula is C16H20N2O3. The molecule has 0 aliphatic carbocycles. The fourth-order valence-corrected chi connectivity index (χ4v) is 1.76. The van der Waals surface area contributed by atoms with Crippen LogP contribution < -0.4 is 4.74 Å². The summed E-state index contributed by atoms with van der Waals surface area (Å²) < 4.78 is 5.89. The predicted molar refractivity (Wildman–Crippen MR) is 82.0 cm³/mol. The van der Waals surface area contributed by atoms with Gasteiger partial charge in [-0.05, 0) is 40.1 Å². The average molecular weight is 288 g/mol. The highest BCUT2D eigenvalue weighted by Gasteiger charge is 2.22. The van der Waals surface area contributed by atoms with Crippen LogP contribution in [0, 0.1) is 0 Å². The second-order valence-corrected chi connectivity index (χ2v) is 5.82. The van der Waals surface area contributed by atoms with Crippen LogP contribution in [0.15, 0.2) is 30.3 Å². The SMILES string of the molecule is CN(C)C(C)(C)COc1cc(C(=O)O)nc2ccccc12. The lowest BCUT2D eigenvalue weighted by molar-refractivity contribution is 0.0690. The second kappa shape index (κ2) is 5.69. The minimum absolute atomic E-state index is 0.00800. The van der Waals surface area contributed by atoms with Gasteiger partial charge in [0.15, 0.2) is 5.69 Å². The Labute approximate surface area is 124 Å². The maximum Gasteiger partial charge on any atom is 0.354 e. The zero-order chi connectivity index (χ0) is 15.6. The Bertz CT molecular complexity index is 666. The number of aromatic carboxylic acids is 1. The number of nitrogens with zero attached hydrogens (tertiary/aromatic N) is 2. The van der Waals surface area contributed by atoms with Crippen LogP contribution in [0.25, 0.3) is 10.9 Å². The van der Waals surface area contributed by atoms with Crippen LogP contribution in [0.3, 0.4) is 0 Å². The van der Waals surface area contributed by atoms with Gasteiger partial charge in [-0.15, -0.1) is 0 Å². The van der Waals surface area contributed by atoms with E-state index in [2.05, 4.69) is 23.7 Å². The summed E-state index contributed by atoms with van der Waals surface area (Å²) in [6.45, 7) is 4.58. The lowest BCUT2D eigenvalue weighted by Gasteiger charge is -2.32. The van der Waals surface area contributed by atoms with Gasteiger partial charge in [-0.2, -0.15) is 0 Å². The number of hydrogen-bond acceptors (Lipinski definition) is 4. The molecule has 1 heterocycles. The van der Waals surface area contributed by atoms with Crippen molar-refractivity contribution in [3.8, 4) is 5.75 Å². The molecule has 0 saturated carbocycles. The monoisotopic (exact) mass is 288 g/mol. The number of benzene rings is 1. The zero-order valence-electron chi connectivity index (χ0n) is 12.8. The molecule has 0 radical (unpaired) electrons. The predicted octanol–water partition coefficient (Wildman–Crippen LogP) is 2.65. The Kier molecular flexibility index (Phi) is 4.14. The van der Waals surface area contributed by atoms with E-state index in [1.54, 1.807) is 6.07 Å². The van der Waals surface area contributed by atoms with E-state index in [0.717, 1.165) is 5.39 Å². The summed E-state index contributed by atoms with van der Waals surface area (Å²) in [4.78, 5) is 17.4. The minimum Gasteiger partial charge on any atom is -0.491 e. The van der Waals surface area contributed by atoms with E-state index in [4.69, 9.17) is 9.84 Å². The third kappa shape index (κ3) is 3.31. The molecule has 2 aromatic rings. The molecule has 21 heavy (non-hydrogen) atoms. The largest absolute Gasteiger partial charge is 0.491 e. The van der Waals surface area contributed by atoms with Gasteiger partial charge in [0.05, 0.1) is 5.52 Å². The third-order valence-corrected chi connectivity index (χ3v) is 3.69. The molecule has 0 bridgehead atoms. The van der Waals surface area contributed by atoms with Crippen molar-refractivity contribution in [1.29, 1.82) is 0 Å². The molecule has 0 fully saturated rings. The van der Waals surface area contributed by atoms with Gasteiger partial charge >= 0.3 is 5.97 Å². The molecule has 0 unspecified atom stereocenters. The zero-order valence-corrected chi connectivity index (χ0v) is 12.8. The standard InChI is InChI=1S/C16H20N2O3/c1-16(2,18(3)4)10-21-14-9-13(15(19)20)17-12-8-6-5-7-11(12)14/h5-9H,10H2,1-4H3,(H,19,20). The topological polar surface area (TPSA) is 62.7 Å². The fraction of sp³-hybridized carbons (Fsp3) is 0.375. The Morgan fingerprint density at radius 3 is 2.62 bits per heavy atom. The number of carboxylic acids is 1. The minimum atomic E-state index is -1.06. The van der Waals surface area contributed by atoms with Crippen molar-refractivity contribution in [2.75, 3.05) is 20.7 Å². The Hall–Kier alpha value is -2.14. The number of para-hydroxylation sites is 1. The number of carboxylic acid groups (broad SMARTS) is 1. The van der Waals surface area contributed by atoms with Crippen LogP contribution in [0.1, 0.15) is 24.3 Å². The van der Waals surface area contributed by atoms with E-state index >= 15 is 0 Å². The Morgan fingerprint density at radius 1 is 1.33 bits per heavy atom. The van der Waals surface area contributed by atoms with Gasteiger partial charge in [-0.25, -0.2) is 9.78 Å². The second-order valence-electron chi connectivity index (χ2n) is 5.82. The summed E-state index contributed by atoms with van der Waals surface area (Å²) in [7, 11) is 3.97. The number of aromatic nitrogens is 1. The first-order chi connectivity index (χ1) is 9.81. The van der Waals surface area contributed by atoms with Gasteiger partial charge in [-0.3, -0.25) is 0 Å². The molecule has 0 amide bonds. The summed E-state index contributed by atoms with van der Waals surface area (Å²) in [6.07, 6.45) is 0.